The van der Waals surface area contributed by atoms with Gasteiger partial charge in [0.2, 0.25) is 0 Å². The summed E-state index contributed by atoms with van der Waals surface area (Å²) in [6, 6.07) is 11.8. The van der Waals surface area contributed by atoms with Gasteiger partial charge in [-0.3, -0.25) is 4.68 Å². The van der Waals surface area contributed by atoms with Crippen molar-refractivity contribution >= 4 is 6.03 Å². The summed E-state index contributed by atoms with van der Waals surface area (Å²) in [7, 11) is 0. The summed E-state index contributed by atoms with van der Waals surface area (Å²) in [5.41, 5.74) is 0. The van der Waals surface area contributed by atoms with Crippen LogP contribution in [-0.2, 0) is 6.54 Å². The molecule has 24 heavy (non-hydrogen) atoms. The van der Waals surface area contributed by atoms with Gasteiger partial charge in [0.15, 0.2) is 0 Å². The van der Waals surface area contributed by atoms with E-state index in [0.29, 0.717) is 6.54 Å². The number of urea groups is 1. The van der Waals surface area contributed by atoms with Crippen LogP contribution in [0.25, 0.3) is 0 Å². The molecule has 1 aromatic carbocycles. The predicted molar refractivity (Wildman–Crippen MR) is 91.9 cm³/mol. The maximum Gasteiger partial charge on any atom is 0.317 e. The van der Waals surface area contributed by atoms with E-state index in [-0.39, 0.29) is 18.2 Å². The summed E-state index contributed by atoms with van der Waals surface area (Å²) < 4.78 is 7.79. The second-order valence-electron chi connectivity index (χ2n) is 6.20. The molecule has 1 unspecified atom stereocenters. The van der Waals surface area contributed by atoms with Gasteiger partial charge in [-0.25, -0.2) is 4.79 Å². The number of para-hydroxylation sites is 1. The minimum atomic E-state index is -0.00665. The molecule has 1 aliphatic heterocycles. The molecular formula is C18H24N4O2. The predicted octanol–water partition coefficient (Wildman–Crippen LogP) is 2.52. The summed E-state index contributed by atoms with van der Waals surface area (Å²) >= 11 is 0. The van der Waals surface area contributed by atoms with E-state index in [1.54, 1.807) is 6.20 Å². The second kappa shape index (κ2) is 7.86. The third kappa shape index (κ3) is 4.50. The summed E-state index contributed by atoms with van der Waals surface area (Å²) in [6.07, 6.45) is 5.53. The van der Waals surface area contributed by atoms with E-state index >= 15 is 0 Å². The van der Waals surface area contributed by atoms with Gasteiger partial charge in [-0.05, 0) is 25.1 Å². The highest BCUT2D eigenvalue weighted by Crippen LogP contribution is 2.18. The molecule has 2 aromatic rings. The Hall–Kier alpha value is -2.50. The van der Waals surface area contributed by atoms with Gasteiger partial charge < -0.3 is 15.0 Å². The Morgan fingerprint density at radius 3 is 2.71 bits per heavy atom. The smallest absolute Gasteiger partial charge is 0.317 e. The number of benzene rings is 1. The van der Waals surface area contributed by atoms with Crippen LogP contribution in [0, 0.1) is 0 Å². The monoisotopic (exact) mass is 328 g/mol. The number of ether oxygens (including phenoxy) is 1. The molecule has 1 aliphatic rings. The van der Waals surface area contributed by atoms with Gasteiger partial charge in [-0.2, -0.15) is 5.10 Å². The van der Waals surface area contributed by atoms with Crippen LogP contribution < -0.4 is 10.1 Å². The van der Waals surface area contributed by atoms with E-state index < -0.39 is 0 Å². The van der Waals surface area contributed by atoms with Crippen molar-refractivity contribution in [2.45, 2.75) is 38.5 Å². The number of nitrogens with one attached hydrogen (secondary N) is 1. The molecule has 1 saturated heterocycles. The number of amides is 2. The molecule has 0 spiro atoms. The SMILES string of the molecule is CC(Cn1cccn1)NC(=O)N1CCC(Oc2ccccc2)CC1. The molecule has 0 saturated carbocycles. The number of carbonyl (C=O) groups is 1. The highest BCUT2D eigenvalue weighted by atomic mass is 16.5. The third-order valence-corrected chi connectivity index (χ3v) is 4.17. The van der Waals surface area contributed by atoms with Crippen molar-refractivity contribution in [3.05, 3.63) is 48.8 Å². The lowest BCUT2D eigenvalue weighted by Crippen LogP contribution is -2.49. The average molecular weight is 328 g/mol. The standard InChI is InChI=1S/C18H24N4O2/c1-15(14-22-11-5-10-19-22)20-18(23)21-12-8-17(9-13-21)24-16-6-3-2-4-7-16/h2-7,10-11,15,17H,8-9,12-14H2,1H3,(H,20,23). The van der Waals surface area contributed by atoms with E-state index in [0.717, 1.165) is 31.7 Å². The lowest BCUT2D eigenvalue weighted by Gasteiger charge is -2.33. The first kappa shape index (κ1) is 16.4. The molecule has 1 fully saturated rings. The maximum absolute atomic E-state index is 12.3. The Morgan fingerprint density at radius 1 is 1.29 bits per heavy atom. The second-order valence-corrected chi connectivity index (χ2v) is 6.20. The van der Waals surface area contributed by atoms with Crippen LogP contribution in [0.4, 0.5) is 4.79 Å². The van der Waals surface area contributed by atoms with Crippen LogP contribution in [0.1, 0.15) is 19.8 Å². The summed E-state index contributed by atoms with van der Waals surface area (Å²) in [6.45, 7) is 4.10. The van der Waals surface area contributed by atoms with Crippen LogP contribution >= 0.6 is 0 Å². The van der Waals surface area contributed by atoms with Crippen LogP contribution in [-0.4, -0.2) is 45.9 Å². The molecule has 1 N–H and O–H groups in total. The zero-order valence-corrected chi connectivity index (χ0v) is 14.0. The molecule has 128 valence electrons. The highest BCUT2D eigenvalue weighted by molar-refractivity contribution is 5.74. The van der Waals surface area contributed by atoms with Gasteiger partial charge in [0, 0.05) is 44.4 Å². The number of aromatic nitrogens is 2. The fraction of sp³-hybridized carbons (Fsp3) is 0.444. The number of hydrogen-bond donors (Lipinski definition) is 1. The first-order valence-electron chi connectivity index (χ1n) is 8.45. The van der Waals surface area contributed by atoms with Crippen molar-refractivity contribution in [3.63, 3.8) is 0 Å². The quantitative estimate of drug-likeness (QED) is 0.917. The normalized spacial score (nSPS) is 16.6. The molecule has 1 atom stereocenters. The number of rotatable bonds is 5. The lowest BCUT2D eigenvalue weighted by molar-refractivity contribution is 0.110. The van der Waals surface area contributed by atoms with Gasteiger partial charge in [-0.1, -0.05) is 18.2 Å². The number of likely N-dealkylation sites (tertiary alicyclic amines) is 1. The highest BCUT2D eigenvalue weighted by Gasteiger charge is 2.24. The summed E-state index contributed by atoms with van der Waals surface area (Å²) in [5, 5.41) is 7.20. The van der Waals surface area contributed by atoms with Gasteiger partial charge in [0.25, 0.3) is 0 Å². The number of carbonyl (C=O) groups excluding carboxylic acids is 1. The maximum atomic E-state index is 12.3. The fourth-order valence-electron chi connectivity index (χ4n) is 2.91. The Bertz CT molecular complexity index is 622. The Labute approximate surface area is 142 Å². The van der Waals surface area contributed by atoms with E-state index in [1.807, 2.05) is 59.1 Å². The summed E-state index contributed by atoms with van der Waals surface area (Å²) in [4.78, 5) is 14.2. The largest absolute Gasteiger partial charge is 0.490 e. The molecule has 0 bridgehead atoms. The number of hydrogen-bond acceptors (Lipinski definition) is 3. The molecule has 2 heterocycles. The fourth-order valence-corrected chi connectivity index (χ4v) is 2.91. The Kier molecular flexibility index (Phi) is 5.36. The molecule has 6 nitrogen and oxygen atoms in total. The first-order valence-corrected chi connectivity index (χ1v) is 8.45. The molecule has 3 rings (SSSR count). The van der Waals surface area contributed by atoms with Crippen molar-refractivity contribution in [2.75, 3.05) is 13.1 Å². The zero-order chi connectivity index (χ0) is 16.8. The molecule has 6 heteroatoms. The average Bonchev–Trinajstić information content (AvgIpc) is 3.09. The minimum Gasteiger partial charge on any atom is -0.490 e. The van der Waals surface area contributed by atoms with Crippen molar-refractivity contribution in [1.82, 2.24) is 20.0 Å². The topological polar surface area (TPSA) is 59.4 Å². The van der Waals surface area contributed by atoms with Crippen LogP contribution in [0.2, 0.25) is 0 Å². The Balaban J connectivity index is 1.41. The minimum absolute atomic E-state index is 0.00665. The van der Waals surface area contributed by atoms with Crippen LogP contribution in [0.3, 0.4) is 0 Å². The van der Waals surface area contributed by atoms with Crippen LogP contribution in [0.5, 0.6) is 5.75 Å². The molecule has 1 aromatic heterocycles. The van der Waals surface area contributed by atoms with Gasteiger partial charge >= 0.3 is 6.03 Å². The van der Waals surface area contributed by atoms with E-state index in [1.165, 1.54) is 0 Å². The van der Waals surface area contributed by atoms with E-state index in [4.69, 9.17) is 4.74 Å². The number of nitrogens with zero attached hydrogens (tertiary/aromatic N) is 3. The summed E-state index contributed by atoms with van der Waals surface area (Å²) in [5.74, 6) is 0.897. The van der Waals surface area contributed by atoms with Gasteiger partial charge in [-0.15, -0.1) is 0 Å². The van der Waals surface area contributed by atoms with E-state index in [9.17, 15) is 4.79 Å². The van der Waals surface area contributed by atoms with E-state index in [2.05, 4.69) is 10.4 Å². The van der Waals surface area contributed by atoms with Gasteiger partial charge in [0.1, 0.15) is 11.9 Å². The molecule has 0 aliphatic carbocycles. The van der Waals surface area contributed by atoms with Crippen LogP contribution in [0.15, 0.2) is 48.8 Å². The number of piperidine rings is 1. The lowest BCUT2D eigenvalue weighted by atomic mass is 10.1. The van der Waals surface area contributed by atoms with Crippen molar-refractivity contribution in [1.29, 1.82) is 0 Å². The van der Waals surface area contributed by atoms with Crippen molar-refractivity contribution in [3.8, 4) is 5.75 Å². The molecule has 0 radical (unpaired) electrons. The Morgan fingerprint density at radius 2 is 2.04 bits per heavy atom. The van der Waals surface area contributed by atoms with Gasteiger partial charge in [0.05, 0.1) is 6.54 Å². The van der Waals surface area contributed by atoms with Crippen molar-refractivity contribution < 1.29 is 9.53 Å². The molecular weight excluding hydrogens is 304 g/mol. The zero-order valence-electron chi connectivity index (χ0n) is 14.0. The first-order chi connectivity index (χ1) is 11.7. The van der Waals surface area contributed by atoms with Crippen molar-refractivity contribution in [2.24, 2.45) is 0 Å². The third-order valence-electron chi connectivity index (χ3n) is 4.17. The molecule has 2 amide bonds.